The molecule has 3 N–H and O–H groups in total. The third kappa shape index (κ3) is 8.21. The van der Waals surface area contributed by atoms with Gasteiger partial charge in [-0.05, 0) is 83.9 Å². The van der Waals surface area contributed by atoms with Crippen LogP contribution in [0.15, 0.2) is 41.5 Å². The van der Waals surface area contributed by atoms with Crippen molar-refractivity contribution >= 4 is 0 Å². The number of hydrogen-bond acceptors (Lipinski definition) is 3. The van der Waals surface area contributed by atoms with Gasteiger partial charge in [0.1, 0.15) is 0 Å². The van der Waals surface area contributed by atoms with Crippen molar-refractivity contribution in [2.75, 3.05) is 0 Å². The topological polar surface area (TPSA) is 60.7 Å². The summed E-state index contributed by atoms with van der Waals surface area (Å²) in [5.41, 5.74) is 2.90. The molecule has 134 valence electrons. The maximum Gasteiger partial charge on any atom is 0.157 e. The van der Waals surface area contributed by atoms with Gasteiger partial charge >= 0.3 is 0 Å². The lowest BCUT2D eigenvalue weighted by molar-refractivity contribution is 0.0432. The maximum atomic E-state index is 10.5. The third-order valence-corrected chi connectivity index (χ3v) is 4.26. The SMILES string of the molecule is CC(C)=CCC/C(C)=C/CCC(C)(O)CCc1ccc(O)c(O)c1. The Balaban J connectivity index is 2.40. The van der Waals surface area contributed by atoms with Crippen molar-refractivity contribution < 1.29 is 15.3 Å². The lowest BCUT2D eigenvalue weighted by Crippen LogP contribution is -2.24. The Morgan fingerprint density at radius 3 is 2.33 bits per heavy atom. The summed E-state index contributed by atoms with van der Waals surface area (Å²) in [4.78, 5) is 0. The van der Waals surface area contributed by atoms with Crippen molar-refractivity contribution in [2.45, 2.75) is 71.8 Å². The van der Waals surface area contributed by atoms with Crippen LogP contribution < -0.4 is 0 Å². The van der Waals surface area contributed by atoms with Crippen molar-refractivity contribution in [3.63, 3.8) is 0 Å². The summed E-state index contributed by atoms with van der Waals surface area (Å²) in [5.74, 6) is -0.221. The van der Waals surface area contributed by atoms with Gasteiger partial charge in [-0.2, -0.15) is 0 Å². The van der Waals surface area contributed by atoms with Crippen molar-refractivity contribution in [3.05, 3.63) is 47.1 Å². The molecular weight excluding hydrogens is 300 g/mol. The molecule has 0 fully saturated rings. The molecule has 0 bridgehead atoms. The lowest BCUT2D eigenvalue weighted by atomic mass is 9.91. The van der Waals surface area contributed by atoms with Crippen LogP contribution in [0.2, 0.25) is 0 Å². The normalized spacial score (nSPS) is 14.3. The molecule has 0 saturated carbocycles. The highest BCUT2D eigenvalue weighted by Crippen LogP contribution is 2.27. The number of aliphatic hydroxyl groups is 1. The summed E-state index contributed by atoms with van der Waals surface area (Å²) in [6.07, 6.45) is 9.50. The van der Waals surface area contributed by atoms with E-state index >= 15 is 0 Å². The molecule has 0 heterocycles. The van der Waals surface area contributed by atoms with Crippen LogP contribution in [0.3, 0.4) is 0 Å². The van der Waals surface area contributed by atoms with Crippen molar-refractivity contribution in [1.29, 1.82) is 0 Å². The minimum atomic E-state index is -0.732. The quantitative estimate of drug-likeness (QED) is 0.427. The first-order valence-electron chi connectivity index (χ1n) is 8.72. The number of aromatic hydroxyl groups is 2. The van der Waals surface area contributed by atoms with E-state index in [2.05, 4.69) is 32.9 Å². The molecule has 0 aromatic heterocycles. The number of aryl methyl sites for hydroxylation is 1. The summed E-state index contributed by atoms with van der Waals surface area (Å²) in [7, 11) is 0. The Morgan fingerprint density at radius 2 is 1.71 bits per heavy atom. The Bertz CT molecular complexity index is 579. The van der Waals surface area contributed by atoms with E-state index in [4.69, 9.17) is 0 Å². The van der Waals surface area contributed by atoms with Crippen molar-refractivity contribution in [1.82, 2.24) is 0 Å². The van der Waals surface area contributed by atoms with E-state index in [0.29, 0.717) is 12.8 Å². The van der Waals surface area contributed by atoms with Gasteiger partial charge in [0.15, 0.2) is 11.5 Å². The van der Waals surface area contributed by atoms with E-state index < -0.39 is 5.60 Å². The third-order valence-electron chi connectivity index (χ3n) is 4.26. The maximum absolute atomic E-state index is 10.5. The minimum Gasteiger partial charge on any atom is -0.504 e. The molecule has 0 aliphatic rings. The lowest BCUT2D eigenvalue weighted by Gasteiger charge is -2.22. The average molecular weight is 332 g/mol. The number of phenolic OH excluding ortho intramolecular Hbond substituents is 2. The predicted molar refractivity (Wildman–Crippen MR) is 100 cm³/mol. The largest absolute Gasteiger partial charge is 0.504 e. The number of rotatable bonds is 9. The second kappa shape index (κ2) is 9.53. The molecule has 0 saturated heterocycles. The molecule has 1 unspecified atom stereocenters. The van der Waals surface area contributed by atoms with Crippen molar-refractivity contribution in [2.24, 2.45) is 0 Å². The Hall–Kier alpha value is -1.74. The fourth-order valence-electron chi connectivity index (χ4n) is 2.58. The minimum absolute atomic E-state index is 0.109. The summed E-state index contributed by atoms with van der Waals surface area (Å²) >= 11 is 0. The zero-order valence-electron chi connectivity index (χ0n) is 15.5. The summed E-state index contributed by atoms with van der Waals surface area (Å²) in [5, 5.41) is 29.3. The van der Waals surface area contributed by atoms with Gasteiger partial charge in [-0.3, -0.25) is 0 Å². The molecule has 0 radical (unpaired) electrons. The van der Waals surface area contributed by atoms with Gasteiger partial charge in [0, 0.05) is 0 Å². The second-order valence-electron chi connectivity index (χ2n) is 7.23. The van der Waals surface area contributed by atoms with Crippen LogP contribution in [0.4, 0.5) is 0 Å². The second-order valence-corrected chi connectivity index (χ2v) is 7.23. The van der Waals surface area contributed by atoms with Crippen LogP contribution in [0.1, 0.15) is 65.4 Å². The molecular formula is C21H32O3. The summed E-state index contributed by atoms with van der Waals surface area (Å²) in [6.45, 7) is 8.24. The van der Waals surface area contributed by atoms with Gasteiger partial charge in [0.05, 0.1) is 5.60 Å². The molecule has 1 aromatic rings. The molecule has 3 heteroatoms. The molecule has 1 atom stereocenters. The van der Waals surface area contributed by atoms with E-state index in [0.717, 1.165) is 31.2 Å². The molecule has 1 aromatic carbocycles. The smallest absolute Gasteiger partial charge is 0.157 e. The number of allylic oxidation sites excluding steroid dienone is 4. The highest BCUT2D eigenvalue weighted by molar-refractivity contribution is 5.40. The first-order valence-corrected chi connectivity index (χ1v) is 8.72. The van der Waals surface area contributed by atoms with E-state index in [1.54, 1.807) is 12.1 Å². The van der Waals surface area contributed by atoms with Crippen LogP contribution in [0, 0.1) is 0 Å². The van der Waals surface area contributed by atoms with E-state index in [1.807, 2.05) is 6.92 Å². The van der Waals surface area contributed by atoms with Crippen molar-refractivity contribution in [3.8, 4) is 11.5 Å². The van der Waals surface area contributed by atoms with Crippen LogP contribution in [-0.2, 0) is 6.42 Å². The van der Waals surface area contributed by atoms with E-state index in [1.165, 1.54) is 17.2 Å². The fraction of sp³-hybridized carbons (Fsp3) is 0.524. The van der Waals surface area contributed by atoms with Gasteiger partial charge in [0.2, 0.25) is 0 Å². The molecule has 0 aliphatic heterocycles. The Kier molecular flexibility index (Phi) is 8.06. The standard InChI is InChI=1S/C21H32O3/c1-16(2)7-5-8-17(3)9-6-13-21(4,24)14-12-18-10-11-19(22)20(23)15-18/h7,9-11,15,22-24H,5-6,8,12-14H2,1-4H3/b17-9+. The average Bonchev–Trinajstić information content (AvgIpc) is 2.48. The molecule has 24 heavy (non-hydrogen) atoms. The van der Waals surface area contributed by atoms with Crippen LogP contribution >= 0.6 is 0 Å². The first kappa shape index (κ1) is 20.3. The van der Waals surface area contributed by atoms with Gasteiger partial charge in [-0.1, -0.05) is 29.4 Å². The Labute approximate surface area is 146 Å². The fourth-order valence-corrected chi connectivity index (χ4v) is 2.58. The van der Waals surface area contributed by atoms with Gasteiger partial charge < -0.3 is 15.3 Å². The van der Waals surface area contributed by atoms with E-state index in [-0.39, 0.29) is 11.5 Å². The van der Waals surface area contributed by atoms with Gasteiger partial charge in [0.25, 0.3) is 0 Å². The Morgan fingerprint density at radius 1 is 1.00 bits per heavy atom. The highest BCUT2D eigenvalue weighted by atomic mass is 16.3. The van der Waals surface area contributed by atoms with Gasteiger partial charge in [-0.15, -0.1) is 0 Å². The number of benzene rings is 1. The zero-order valence-corrected chi connectivity index (χ0v) is 15.5. The highest BCUT2D eigenvalue weighted by Gasteiger charge is 2.19. The summed E-state index contributed by atoms with van der Waals surface area (Å²) in [6, 6.07) is 4.81. The van der Waals surface area contributed by atoms with E-state index in [9.17, 15) is 15.3 Å². The number of hydrogen-bond donors (Lipinski definition) is 3. The zero-order chi connectivity index (χ0) is 18.2. The summed E-state index contributed by atoms with van der Waals surface area (Å²) < 4.78 is 0. The van der Waals surface area contributed by atoms with Crippen LogP contribution in [-0.4, -0.2) is 20.9 Å². The monoisotopic (exact) mass is 332 g/mol. The van der Waals surface area contributed by atoms with Gasteiger partial charge in [-0.25, -0.2) is 0 Å². The first-order chi connectivity index (χ1) is 11.2. The molecule has 0 amide bonds. The van der Waals surface area contributed by atoms with Crippen LogP contribution in [0.5, 0.6) is 11.5 Å². The number of phenols is 2. The molecule has 1 rings (SSSR count). The molecule has 0 spiro atoms. The predicted octanol–water partition coefficient (Wildman–Crippen LogP) is 5.25. The molecule has 3 nitrogen and oxygen atoms in total. The van der Waals surface area contributed by atoms with Crippen LogP contribution in [0.25, 0.3) is 0 Å². The molecule has 0 aliphatic carbocycles.